The molecule has 100 valence electrons. The highest BCUT2D eigenvalue weighted by Crippen LogP contribution is 2.12. The Balaban J connectivity index is 1.82. The Morgan fingerprint density at radius 2 is 2.56 bits per heavy atom. The summed E-state index contributed by atoms with van der Waals surface area (Å²) < 4.78 is 1.84. The number of anilines is 1. The molecule has 2 heterocycles. The molecule has 1 aromatic rings. The van der Waals surface area contributed by atoms with E-state index in [1.807, 2.05) is 28.7 Å². The van der Waals surface area contributed by atoms with Crippen molar-refractivity contribution < 1.29 is 4.79 Å². The van der Waals surface area contributed by atoms with Gasteiger partial charge in [0, 0.05) is 48.8 Å². The largest absolute Gasteiger partial charge is 0.312 e. The normalized spacial score (nSPS) is 20.1. The Kier molecular flexibility index (Phi) is 4.66. The smallest absolute Gasteiger partial charge is 0.227 e. The van der Waals surface area contributed by atoms with E-state index in [4.69, 9.17) is 0 Å². The van der Waals surface area contributed by atoms with Crippen molar-refractivity contribution in [1.82, 2.24) is 15.1 Å². The van der Waals surface area contributed by atoms with Gasteiger partial charge in [-0.25, -0.2) is 0 Å². The molecule has 1 atom stereocenters. The first-order valence-electron chi connectivity index (χ1n) is 6.31. The van der Waals surface area contributed by atoms with Crippen LogP contribution in [0.5, 0.6) is 0 Å². The fourth-order valence-electron chi connectivity index (χ4n) is 1.86. The van der Waals surface area contributed by atoms with E-state index in [9.17, 15) is 4.79 Å². The molecular formula is C12H20N4OS. The Hall–Kier alpha value is -1.01. The molecule has 1 fully saturated rings. The summed E-state index contributed by atoms with van der Waals surface area (Å²) in [5.74, 6) is 2.81. The molecule has 6 heteroatoms. The standard InChI is InChI=1S/C12H20N4OS/c1-9(2)16-5-3-11(15-16)14-12(17)7-10-8-18-6-4-13-10/h3,5,9-10,13H,4,6-8H2,1-2H3,(H,14,15,17). The van der Waals surface area contributed by atoms with Gasteiger partial charge in [0.05, 0.1) is 0 Å². The Labute approximate surface area is 112 Å². The van der Waals surface area contributed by atoms with Crippen LogP contribution in [0.2, 0.25) is 0 Å². The van der Waals surface area contributed by atoms with E-state index < -0.39 is 0 Å². The van der Waals surface area contributed by atoms with Gasteiger partial charge in [-0.1, -0.05) is 0 Å². The van der Waals surface area contributed by atoms with Gasteiger partial charge in [-0.3, -0.25) is 9.48 Å². The van der Waals surface area contributed by atoms with E-state index in [-0.39, 0.29) is 11.9 Å². The van der Waals surface area contributed by atoms with Gasteiger partial charge in [0.15, 0.2) is 5.82 Å². The van der Waals surface area contributed by atoms with Crippen molar-refractivity contribution in [2.45, 2.75) is 32.4 Å². The maximum absolute atomic E-state index is 11.9. The highest BCUT2D eigenvalue weighted by atomic mass is 32.2. The molecule has 1 amide bonds. The summed E-state index contributed by atoms with van der Waals surface area (Å²) in [6, 6.07) is 2.43. The van der Waals surface area contributed by atoms with Gasteiger partial charge in [-0.05, 0) is 13.8 Å². The van der Waals surface area contributed by atoms with Crippen LogP contribution in [-0.4, -0.2) is 39.8 Å². The molecule has 18 heavy (non-hydrogen) atoms. The summed E-state index contributed by atoms with van der Waals surface area (Å²) in [5.41, 5.74) is 0. The van der Waals surface area contributed by atoms with E-state index in [0.29, 0.717) is 18.3 Å². The van der Waals surface area contributed by atoms with Crippen molar-refractivity contribution in [3.63, 3.8) is 0 Å². The lowest BCUT2D eigenvalue weighted by Gasteiger charge is -2.22. The van der Waals surface area contributed by atoms with E-state index in [1.54, 1.807) is 0 Å². The van der Waals surface area contributed by atoms with Gasteiger partial charge in [-0.15, -0.1) is 0 Å². The van der Waals surface area contributed by atoms with Crippen LogP contribution in [-0.2, 0) is 4.79 Å². The predicted molar refractivity (Wildman–Crippen MR) is 75.0 cm³/mol. The molecule has 2 rings (SSSR count). The molecular weight excluding hydrogens is 248 g/mol. The molecule has 1 unspecified atom stereocenters. The van der Waals surface area contributed by atoms with Gasteiger partial charge >= 0.3 is 0 Å². The number of nitrogens with one attached hydrogen (secondary N) is 2. The Bertz CT molecular complexity index is 399. The van der Waals surface area contributed by atoms with Crippen molar-refractivity contribution in [3.8, 4) is 0 Å². The molecule has 1 saturated heterocycles. The Morgan fingerprint density at radius 3 is 3.17 bits per heavy atom. The number of rotatable bonds is 4. The first-order valence-corrected chi connectivity index (χ1v) is 7.47. The number of aromatic nitrogens is 2. The molecule has 1 aliphatic rings. The minimum atomic E-state index is 0.0315. The number of nitrogens with zero attached hydrogens (tertiary/aromatic N) is 2. The average Bonchev–Trinajstić information content (AvgIpc) is 2.78. The summed E-state index contributed by atoms with van der Waals surface area (Å²) in [6.07, 6.45) is 2.40. The second-order valence-electron chi connectivity index (χ2n) is 4.75. The maximum Gasteiger partial charge on any atom is 0.227 e. The minimum Gasteiger partial charge on any atom is -0.312 e. The summed E-state index contributed by atoms with van der Waals surface area (Å²) >= 11 is 1.90. The van der Waals surface area contributed by atoms with Crippen molar-refractivity contribution >= 4 is 23.5 Å². The van der Waals surface area contributed by atoms with Gasteiger partial charge in [0.1, 0.15) is 0 Å². The first kappa shape index (κ1) is 13.4. The highest BCUT2D eigenvalue weighted by molar-refractivity contribution is 7.99. The van der Waals surface area contributed by atoms with Crippen molar-refractivity contribution in [2.75, 3.05) is 23.4 Å². The Morgan fingerprint density at radius 1 is 1.72 bits per heavy atom. The molecule has 0 bridgehead atoms. The topological polar surface area (TPSA) is 59.0 Å². The second kappa shape index (κ2) is 6.24. The number of hydrogen-bond donors (Lipinski definition) is 2. The van der Waals surface area contributed by atoms with E-state index in [1.165, 1.54) is 0 Å². The SMILES string of the molecule is CC(C)n1ccc(NC(=O)CC2CSCCN2)n1. The van der Waals surface area contributed by atoms with E-state index in [0.717, 1.165) is 18.1 Å². The van der Waals surface area contributed by atoms with Crippen molar-refractivity contribution in [2.24, 2.45) is 0 Å². The van der Waals surface area contributed by atoms with Crippen LogP contribution in [0.4, 0.5) is 5.82 Å². The van der Waals surface area contributed by atoms with Crippen LogP contribution in [0.25, 0.3) is 0 Å². The third-order valence-corrected chi connectivity index (χ3v) is 3.97. The molecule has 0 spiro atoms. The molecule has 0 saturated carbocycles. The van der Waals surface area contributed by atoms with Crippen LogP contribution in [0.15, 0.2) is 12.3 Å². The van der Waals surface area contributed by atoms with Crippen LogP contribution < -0.4 is 10.6 Å². The third-order valence-electron chi connectivity index (χ3n) is 2.84. The van der Waals surface area contributed by atoms with Crippen LogP contribution in [0.1, 0.15) is 26.3 Å². The zero-order chi connectivity index (χ0) is 13.0. The summed E-state index contributed by atoms with van der Waals surface area (Å²) in [7, 11) is 0. The zero-order valence-corrected chi connectivity index (χ0v) is 11.7. The average molecular weight is 268 g/mol. The lowest BCUT2D eigenvalue weighted by atomic mass is 10.2. The highest BCUT2D eigenvalue weighted by Gasteiger charge is 2.17. The summed E-state index contributed by atoms with van der Waals surface area (Å²) in [4.78, 5) is 11.9. The van der Waals surface area contributed by atoms with Gasteiger partial charge in [0.25, 0.3) is 0 Å². The number of amides is 1. The van der Waals surface area contributed by atoms with Gasteiger partial charge < -0.3 is 10.6 Å². The van der Waals surface area contributed by atoms with Crippen LogP contribution >= 0.6 is 11.8 Å². The van der Waals surface area contributed by atoms with Crippen molar-refractivity contribution in [1.29, 1.82) is 0 Å². The fraction of sp³-hybridized carbons (Fsp3) is 0.667. The number of thioether (sulfide) groups is 1. The zero-order valence-electron chi connectivity index (χ0n) is 10.8. The fourth-order valence-corrected chi connectivity index (χ4v) is 2.81. The number of hydrogen-bond acceptors (Lipinski definition) is 4. The molecule has 5 nitrogen and oxygen atoms in total. The van der Waals surface area contributed by atoms with Gasteiger partial charge in [-0.2, -0.15) is 16.9 Å². The predicted octanol–water partition coefficient (Wildman–Crippen LogP) is 1.50. The monoisotopic (exact) mass is 268 g/mol. The maximum atomic E-state index is 11.9. The summed E-state index contributed by atoms with van der Waals surface area (Å²) in [6.45, 7) is 5.11. The molecule has 0 aliphatic carbocycles. The molecule has 0 radical (unpaired) electrons. The van der Waals surface area contributed by atoms with E-state index >= 15 is 0 Å². The number of carbonyl (C=O) groups is 1. The van der Waals surface area contributed by atoms with E-state index in [2.05, 4.69) is 29.6 Å². The van der Waals surface area contributed by atoms with Crippen molar-refractivity contribution in [3.05, 3.63) is 12.3 Å². The number of carbonyl (C=O) groups excluding carboxylic acids is 1. The second-order valence-corrected chi connectivity index (χ2v) is 5.90. The van der Waals surface area contributed by atoms with Gasteiger partial charge in [0.2, 0.25) is 5.91 Å². The summed E-state index contributed by atoms with van der Waals surface area (Å²) in [5, 5.41) is 10.5. The minimum absolute atomic E-state index is 0.0315. The lowest BCUT2D eigenvalue weighted by Crippen LogP contribution is -2.39. The molecule has 2 N–H and O–H groups in total. The lowest BCUT2D eigenvalue weighted by molar-refractivity contribution is -0.116. The quantitative estimate of drug-likeness (QED) is 0.869. The van der Waals surface area contributed by atoms with Crippen LogP contribution in [0.3, 0.4) is 0 Å². The third kappa shape index (κ3) is 3.74. The molecule has 1 aliphatic heterocycles. The molecule has 0 aromatic carbocycles. The first-order chi connectivity index (χ1) is 8.65. The van der Waals surface area contributed by atoms with Crippen LogP contribution in [0, 0.1) is 0 Å². The molecule has 1 aromatic heterocycles.